The molecule has 17 heavy (non-hydrogen) atoms. The van der Waals surface area contributed by atoms with Crippen LogP contribution in [0.25, 0.3) is 0 Å². The summed E-state index contributed by atoms with van der Waals surface area (Å²) in [6, 6.07) is 0. The van der Waals surface area contributed by atoms with Gasteiger partial charge in [-0.1, -0.05) is 11.8 Å². The van der Waals surface area contributed by atoms with Crippen LogP contribution in [-0.2, 0) is 13.0 Å². The highest BCUT2D eigenvalue weighted by molar-refractivity contribution is 7.98. The van der Waals surface area contributed by atoms with Crippen LogP contribution in [0.1, 0.15) is 25.1 Å². The second-order valence-corrected chi connectivity index (χ2v) is 4.83. The second-order valence-electron chi connectivity index (χ2n) is 4.06. The molecule has 5 heteroatoms. The summed E-state index contributed by atoms with van der Waals surface area (Å²) in [7, 11) is 0. The molecule has 1 aliphatic rings. The Morgan fingerprint density at radius 3 is 2.71 bits per heavy atom. The average molecular weight is 252 g/mol. The Balaban J connectivity index is 2.47. The van der Waals surface area contributed by atoms with Gasteiger partial charge in [-0.25, -0.2) is 9.97 Å². The van der Waals surface area contributed by atoms with Crippen molar-refractivity contribution in [2.45, 2.75) is 32.0 Å². The van der Waals surface area contributed by atoms with Crippen LogP contribution in [0.15, 0.2) is 5.16 Å². The van der Waals surface area contributed by atoms with E-state index in [0.717, 1.165) is 43.6 Å². The number of hydrogen-bond donors (Lipinski definition) is 1. The highest BCUT2D eigenvalue weighted by Gasteiger charge is 2.19. The molecule has 0 saturated heterocycles. The largest absolute Gasteiger partial charge is 0.357 e. The molecule has 0 bridgehead atoms. The monoisotopic (exact) mass is 252 g/mol. The molecule has 0 unspecified atom stereocenters. The minimum Gasteiger partial charge on any atom is -0.357 e. The van der Waals surface area contributed by atoms with Crippen molar-refractivity contribution in [2.24, 2.45) is 0 Å². The number of anilines is 1. The number of hydrogen-bond acceptors (Lipinski definition) is 5. The zero-order chi connectivity index (χ0) is 12.3. The SMILES string of the molecule is CCN(CC)c1nc(SC)nc2c1CNCC2. The Morgan fingerprint density at radius 1 is 1.29 bits per heavy atom. The van der Waals surface area contributed by atoms with Crippen molar-refractivity contribution >= 4 is 17.6 Å². The van der Waals surface area contributed by atoms with Crippen LogP contribution in [-0.4, -0.2) is 35.9 Å². The third-order valence-corrected chi connectivity index (χ3v) is 3.68. The highest BCUT2D eigenvalue weighted by Crippen LogP contribution is 2.25. The molecule has 1 aromatic rings. The topological polar surface area (TPSA) is 41.1 Å². The van der Waals surface area contributed by atoms with Gasteiger partial charge in [-0.15, -0.1) is 0 Å². The van der Waals surface area contributed by atoms with Crippen LogP contribution < -0.4 is 10.2 Å². The maximum absolute atomic E-state index is 4.68. The zero-order valence-electron chi connectivity index (χ0n) is 10.8. The van der Waals surface area contributed by atoms with Gasteiger partial charge >= 0.3 is 0 Å². The third kappa shape index (κ3) is 2.55. The molecular formula is C12H20N4S. The summed E-state index contributed by atoms with van der Waals surface area (Å²) in [4.78, 5) is 11.6. The predicted molar refractivity (Wildman–Crippen MR) is 72.8 cm³/mol. The Morgan fingerprint density at radius 2 is 2.06 bits per heavy atom. The molecule has 0 atom stereocenters. The van der Waals surface area contributed by atoms with Crippen LogP contribution in [0.5, 0.6) is 0 Å². The molecule has 0 radical (unpaired) electrons. The molecule has 1 aromatic heterocycles. The number of nitrogens with zero attached hydrogens (tertiary/aromatic N) is 3. The third-order valence-electron chi connectivity index (χ3n) is 3.14. The molecule has 0 amide bonds. The maximum atomic E-state index is 4.68. The van der Waals surface area contributed by atoms with Gasteiger partial charge in [0.2, 0.25) is 0 Å². The fourth-order valence-corrected chi connectivity index (χ4v) is 2.56. The van der Waals surface area contributed by atoms with Gasteiger partial charge in [0.1, 0.15) is 5.82 Å². The van der Waals surface area contributed by atoms with Gasteiger partial charge in [0.25, 0.3) is 0 Å². The number of fused-ring (bicyclic) bond motifs is 1. The van der Waals surface area contributed by atoms with E-state index in [4.69, 9.17) is 0 Å². The van der Waals surface area contributed by atoms with E-state index in [0.29, 0.717) is 0 Å². The quantitative estimate of drug-likeness (QED) is 0.652. The first-order valence-electron chi connectivity index (χ1n) is 6.19. The van der Waals surface area contributed by atoms with E-state index >= 15 is 0 Å². The van der Waals surface area contributed by atoms with Crippen molar-refractivity contribution < 1.29 is 0 Å². The maximum Gasteiger partial charge on any atom is 0.189 e. The van der Waals surface area contributed by atoms with Gasteiger partial charge in [0, 0.05) is 38.2 Å². The summed E-state index contributed by atoms with van der Waals surface area (Å²) in [5.41, 5.74) is 2.52. The lowest BCUT2D eigenvalue weighted by atomic mass is 10.1. The summed E-state index contributed by atoms with van der Waals surface area (Å²) in [5, 5.41) is 4.30. The molecule has 0 aromatic carbocycles. The summed E-state index contributed by atoms with van der Waals surface area (Å²) in [5.74, 6) is 1.12. The average Bonchev–Trinajstić information content (AvgIpc) is 2.39. The van der Waals surface area contributed by atoms with Gasteiger partial charge in [-0.3, -0.25) is 0 Å². The van der Waals surface area contributed by atoms with E-state index < -0.39 is 0 Å². The first kappa shape index (κ1) is 12.6. The smallest absolute Gasteiger partial charge is 0.189 e. The fraction of sp³-hybridized carbons (Fsp3) is 0.667. The van der Waals surface area contributed by atoms with Crippen LogP contribution >= 0.6 is 11.8 Å². The van der Waals surface area contributed by atoms with Crippen molar-refractivity contribution in [3.63, 3.8) is 0 Å². The molecular weight excluding hydrogens is 232 g/mol. The summed E-state index contributed by atoms with van der Waals surface area (Å²) in [6.07, 6.45) is 3.05. The molecule has 1 N–H and O–H groups in total. The van der Waals surface area contributed by atoms with Crippen molar-refractivity contribution in [2.75, 3.05) is 30.8 Å². The van der Waals surface area contributed by atoms with Crippen LogP contribution in [0.4, 0.5) is 5.82 Å². The zero-order valence-corrected chi connectivity index (χ0v) is 11.6. The van der Waals surface area contributed by atoms with Gasteiger partial charge in [-0.05, 0) is 20.1 Å². The Hall–Kier alpha value is -0.810. The van der Waals surface area contributed by atoms with Crippen molar-refractivity contribution in [3.05, 3.63) is 11.3 Å². The van der Waals surface area contributed by atoms with Crippen LogP contribution in [0, 0.1) is 0 Å². The Labute approximate surface area is 107 Å². The van der Waals surface area contributed by atoms with Gasteiger partial charge in [0.05, 0.1) is 5.69 Å². The van der Waals surface area contributed by atoms with E-state index in [1.54, 1.807) is 11.8 Å². The summed E-state index contributed by atoms with van der Waals surface area (Å²) < 4.78 is 0. The molecule has 1 aliphatic heterocycles. The standard InChI is InChI=1S/C12H20N4S/c1-4-16(5-2)11-9-8-13-7-6-10(9)14-12(15-11)17-3/h13H,4-8H2,1-3H3. The number of nitrogens with one attached hydrogen (secondary N) is 1. The Kier molecular flexibility index (Phi) is 4.23. The Bertz CT molecular complexity index is 390. The molecule has 2 rings (SSSR count). The van der Waals surface area contributed by atoms with E-state index in [1.165, 1.54) is 11.3 Å². The predicted octanol–water partition coefficient (Wildman–Crippen LogP) is 1.69. The van der Waals surface area contributed by atoms with Crippen LogP contribution in [0.2, 0.25) is 0 Å². The number of aromatic nitrogens is 2. The van der Waals surface area contributed by atoms with E-state index in [2.05, 4.69) is 34.0 Å². The molecule has 4 nitrogen and oxygen atoms in total. The second kappa shape index (κ2) is 5.69. The molecule has 0 fully saturated rings. The first-order chi connectivity index (χ1) is 8.30. The molecule has 2 heterocycles. The number of rotatable bonds is 4. The van der Waals surface area contributed by atoms with Crippen molar-refractivity contribution in [1.29, 1.82) is 0 Å². The number of thioether (sulfide) groups is 1. The first-order valence-corrected chi connectivity index (χ1v) is 7.42. The molecule has 0 saturated carbocycles. The minimum atomic E-state index is 0.896. The van der Waals surface area contributed by atoms with E-state index in [9.17, 15) is 0 Å². The van der Waals surface area contributed by atoms with Crippen molar-refractivity contribution in [3.8, 4) is 0 Å². The lowest BCUT2D eigenvalue weighted by molar-refractivity contribution is 0.611. The molecule has 94 valence electrons. The summed E-state index contributed by atoms with van der Waals surface area (Å²) >= 11 is 1.62. The van der Waals surface area contributed by atoms with Gasteiger partial charge < -0.3 is 10.2 Å². The minimum absolute atomic E-state index is 0.896. The molecule has 0 spiro atoms. The van der Waals surface area contributed by atoms with Gasteiger partial charge in [-0.2, -0.15) is 0 Å². The normalized spacial score (nSPS) is 14.5. The lowest BCUT2D eigenvalue weighted by Crippen LogP contribution is -2.31. The molecule has 0 aliphatic carbocycles. The summed E-state index contributed by atoms with van der Waals surface area (Å²) in [6.45, 7) is 8.26. The lowest BCUT2D eigenvalue weighted by Gasteiger charge is -2.26. The van der Waals surface area contributed by atoms with Crippen LogP contribution in [0.3, 0.4) is 0 Å². The fourth-order valence-electron chi connectivity index (χ4n) is 2.18. The van der Waals surface area contributed by atoms with E-state index in [-0.39, 0.29) is 0 Å². The van der Waals surface area contributed by atoms with Crippen molar-refractivity contribution in [1.82, 2.24) is 15.3 Å². The van der Waals surface area contributed by atoms with E-state index in [1.807, 2.05) is 6.26 Å². The highest BCUT2D eigenvalue weighted by atomic mass is 32.2. The van der Waals surface area contributed by atoms with Gasteiger partial charge in [0.15, 0.2) is 5.16 Å².